The number of ether oxygens (including phenoxy) is 2. The molecule has 1 aromatic rings. The molecule has 0 radical (unpaired) electrons. The van der Waals surface area contributed by atoms with Crippen molar-refractivity contribution in [3.8, 4) is 0 Å². The highest BCUT2D eigenvalue weighted by Crippen LogP contribution is 2.78. The Morgan fingerprint density at radius 3 is 2.21 bits per heavy atom. The molecule has 1 heterocycles. The van der Waals surface area contributed by atoms with Crippen LogP contribution in [0.15, 0.2) is 24.3 Å². The molecule has 5 heteroatoms. The maximum Gasteiger partial charge on any atom is 0.339 e. The number of rotatable bonds is 3. The molecule has 1 N–H and O–H groups in total. The zero-order valence-corrected chi connectivity index (χ0v) is 27.6. The van der Waals surface area contributed by atoms with Crippen LogP contribution in [0, 0.1) is 56.2 Å². The van der Waals surface area contributed by atoms with Gasteiger partial charge in [-0.1, -0.05) is 60.6 Å². The Kier molecular flexibility index (Phi) is 6.47. The first-order valence-corrected chi connectivity index (χ1v) is 17.3. The molecule has 0 spiro atoms. The molecule has 236 valence electrons. The van der Waals surface area contributed by atoms with E-state index < -0.39 is 11.9 Å². The predicted octanol–water partition coefficient (Wildman–Crippen LogP) is 8.80. The number of carboxylic acids is 1. The van der Waals surface area contributed by atoms with Crippen LogP contribution < -0.4 is 0 Å². The largest absolute Gasteiger partial charge is 0.478 e. The lowest BCUT2D eigenvalue weighted by atomic mass is 9.31. The van der Waals surface area contributed by atoms with E-state index in [1.165, 1.54) is 57.4 Å². The van der Waals surface area contributed by atoms with Gasteiger partial charge in [0.05, 0.1) is 23.8 Å². The molecule has 0 aromatic heterocycles. The van der Waals surface area contributed by atoms with E-state index in [-0.39, 0.29) is 33.5 Å². The molecule has 6 fully saturated rings. The van der Waals surface area contributed by atoms with Crippen LogP contribution in [0.4, 0.5) is 0 Å². The van der Waals surface area contributed by atoms with Gasteiger partial charge in [-0.3, -0.25) is 0 Å². The van der Waals surface area contributed by atoms with Crippen molar-refractivity contribution >= 4 is 11.9 Å². The molecular formula is C38H54O5. The number of benzene rings is 1. The standard InChI is InChI=1S/C38H54O5/c1-33(2)18-20-38-21-19-36(6)25(29(38)30(33)42-22-38)12-13-27-35(5)16-15-28(34(3,4)26(35)14-17-37(27,36)7)43-32(41)24-11-9-8-10-23(24)31(39)40/h8-11,25-30H,12-22H2,1-7H3,(H,39,40)/t25-,26+,27-,28+,29+,30-,35+,36-,37-,38+/m1/s1. The lowest BCUT2D eigenvalue weighted by Gasteiger charge is -2.73. The number of esters is 1. The van der Waals surface area contributed by atoms with Gasteiger partial charge in [-0.05, 0) is 127 Å². The van der Waals surface area contributed by atoms with Gasteiger partial charge >= 0.3 is 11.9 Å². The van der Waals surface area contributed by atoms with Gasteiger partial charge in [0.2, 0.25) is 0 Å². The van der Waals surface area contributed by atoms with Crippen molar-refractivity contribution < 1.29 is 24.2 Å². The number of aromatic carboxylic acids is 1. The molecule has 6 aliphatic rings. The van der Waals surface area contributed by atoms with E-state index in [9.17, 15) is 14.7 Å². The fourth-order valence-corrected chi connectivity index (χ4v) is 13.2. The number of hydrogen-bond donors (Lipinski definition) is 1. The minimum absolute atomic E-state index is 0.0128. The smallest absolute Gasteiger partial charge is 0.339 e. The first kappa shape index (κ1) is 29.8. The Bertz CT molecular complexity index is 1330. The first-order valence-electron chi connectivity index (χ1n) is 17.3. The second-order valence-electron chi connectivity index (χ2n) is 17.9. The van der Waals surface area contributed by atoms with Crippen molar-refractivity contribution in [3.05, 3.63) is 35.4 Å². The van der Waals surface area contributed by atoms with Gasteiger partial charge in [0.25, 0.3) is 0 Å². The lowest BCUT2D eigenvalue weighted by molar-refractivity contribution is -0.252. The highest BCUT2D eigenvalue weighted by Gasteiger charge is 2.73. The van der Waals surface area contributed by atoms with Crippen LogP contribution in [0.1, 0.15) is 133 Å². The second-order valence-corrected chi connectivity index (χ2v) is 17.9. The maximum atomic E-state index is 13.4. The van der Waals surface area contributed by atoms with Crippen molar-refractivity contribution in [1.82, 2.24) is 0 Å². The van der Waals surface area contributed by atoms with E-state index in [4.69, 9.17) is 9.47 Å². The third-order valence-electron chi connectivity index (χ3n) is 15.7. The lowest BCUT2D eigenvalue weighted by Crippen LogP contribution is -2.68. The Labute approximate surface area is 258 Å². The summed E-state index contributed by atoms with van der Waals surface area (Å²) >= 11 is 0. The summed E-state index contributed by atoms with van der Waals surface area (Å²) in [6, 6.07) is 6.43. The SMILES string of the molecule is CC1(C)CC[C@@]23CC[C@]4(C)[C@H](CC[C@@H]5[C@@]6(C)CC[C@H](OC(=O)c7ccccc7C(=O)O)C(C)(C)[C@@H]6CC[C@]54C)[C@H]2[C@H]1OC3. The van der Waals surface area contributed by atoms with Crippen molar-refractivity contribution in [1.29, 1.82) is 0 Å². The van der Waals surface area contributed by atoms with Gasteiger partial charge in [0.15, 0.2) is 0 Å². The van der Waals surface area contributed by atoms with Crippen LogP contribution >= 0.6 is 0 Å². The number of carbonyl (C=O) groups is 2. The third kappa shape index (κ3) is 3.85. The van der Waals surface area contributed by atoms with E-state index in [0.29, 0.717) is 40.1 Å². The molecule has 5 aliphatic carbocycles. The van der Waals surface area contributed by atoms with Crippen molar-refractivity contribution in [3.63, 3.8) is 0 Å². The van der Waals surface area contributed by atoms with Crippen molar-refractivity contribution in [2.24, 2.45) is 56.2 Å². The minimum atomic E-state index is -1.09. The van der Waals surface area contributed by atoms with Crippen molar-refractivity contribution in [2.45, 2.75) is 125 Å². The van der Waals surface area contributed by atoms with Gasteiger partial charge in [0.1, 0.15) is 6.10 Å². The number of fused-ring (bicyclic) bond motifs is 5. The van der Waals surface area contributed by atoms with Gasteiger partial charge < -0.3 is 14.6 Å². The highest BCUT2D eigenvalue weighted by atomic mass is 16.5. The summed E-state index contributed by atoms with van der Waals surface area (Å²) in [6.45, 7) is 18.5. The molecule has 0 unspecified atom stereocenters. The van der Waals surface area contributed by atoms with Crippen molar-refractivity contribution in [2.75, 3.05) is 6.61 Å². The average molecular weight is 591 g/mol. The molecule has 5 nitrogen and oxygen atoms in total. The minimum Gasteiger partial charge on any atom is -0.478 e. The van der Waals surface area contributed by atoms with Gasteiger partial charge in [-0.15, -0.1) is 0 Å². The molecule has 1 aliphatic heterocycles. The monoisotopic (exact) mass is 590 g/mol. The summed E-state index contributed by atoms with van der Waals surface area (Å²) < 4.78 is 13.0. The second kappa shape index (κ2) is 9.33. The summed E-state index contributed by atoms with van der Waals surface area (Å²) in [6.07, 6.45) is 12.4. The van der Waals surface area contributed by atoms with Crippen LogP contribution in [-0.4, -0.2) is 35.9 Å². The Morgan fingerprint density at radius 2 is 1.49 bits per heavy atom. The Balaban J connectivity index is 1.16. The summed E-state index contributed by atoms with van der Waals surface area (Å²) in [4.78, 5) is 25.2. The Hall–Kier alpha value is -1.88. The van der Waals surface area contributed by atoms with Crippen LogP contribution in [0.5, 0.6) is 0 Å². The quantitative estimate of drug-likeness (QED) is 0.356. The molecule has 0 amide bonds. The molecule has 10 atom stereocenters. The van der Waals surface area contributed by atoms with E-state index >= 15 is 0 Å². The van der Waals surface area contributed by atoms with Crippen LogP contribution in [0.2, 0.25) is 0 Å². The topological polar surface area (TPSA) is 72.8 Å². The molecule has 7 rings (SSSR count). The van der Waals surface area contributed by atoms with E-state index in [1.54, 1.807) is 18.2 Å². The van der Waals surface area contributed by atoms with Gasteiger partial charge in [-0.25, -0.2) is 9.59 Å². The Morgan fingerprint density at radius 1 is 0.791 bits per heavy atom. The molecule has 2 bridgehead atoms. The third-order valence-corrected chi connectivity index (χ3v) is 15.7. The zero-order chi connectivity index (χ0) is 30.8. The fraction of sp³-hybridized carbons (Fsp3) is 0.789. The molecule has 1 aromatic carbocycles. The fourth-order valence-electron chi connectivity index (χ4n) is 13.2. The van der Waals surface area contributed by atoms with E-state index in [1.807, 2.05) is 0 Å². The summed E-state index contributed by atoms with van der Waals surface area (Å²) in [7, 11) is 0. The number of carboxylic acid groups (broad SMARTS) is 1. The molecule has 5 saturated carbocycles. The van der Waals surface area contributed by atoms with E-state index in [0.717, 1.165) is 25.4 Å². The maximum absolute atomic E-state index is 13.4. The zero-order valence-electron chi connectivity index (χ0n) is 27.6. The number of hydrogen-bond acceptors (Lipinski definition) is 4. The highest BCUT2D eigenvalue weighted by molar-refractivity contribution is 6.02. The summed E-state index contributed by atoms with van der Waals surface area (Å²) in [5.41, 5.74) is 1.49. The van der Waals surface area contributed by atoms with Crippen LogP contribution in [-0.2, 0) is 9.47 Å². The van der Waals surface area contributed by atoms with Gasteiger partial charge in [0, 0.05) is 5.41 Å². The van der Waals surface area contributed by atoms with Crippen LogP contribution in [0.25, 0.3) is 0 Å². The molecule has 1 saturated heterocycles. The van der Waals surface area contributed by atoms with Gasteiger partial charge in [-0.2, -0.15) is 0 Å². The van der Waals surface area contributed by atoms with Crippen LogP contribution in [0.3, 0.4) is 0 Å². The molecular weight excluding hydrogens is 536 g/mol. The first-order chi connectivity index (χ1) is 20.1. The summed E-state index contributed by atoms with van der Waals surface area (Å²) in [5.74, 6) is 0.976. The van der Waals surface area contributed by atoms with E-state index in [2.05, 4.69) is 48.5 Å². The predicted molar refractivity (Wildman–Crippen MR) is 167 cm³/mol. The molecule has 43 heavy (non-hydrogen) atoms. The summed E-state index contributed by atoms with van der Waals surface area (Å²) in [5, 5.41) is 9.66. The average Bonchev–Trinajstić information content (AvgIpc) is 3.29. The normalized spacial score (nSPS) is 47.3. The number of carbonyl (C=O) groups excluding carboxylic acids is 1.